The van der Waals surface area contributed by atoms with Gasteiger partial charge in [-0.2, -0.15) is 0 Å². The first kappa shape index (κ1) is 10.8. The van der Waals surface area contributed by atoms with Crippen LogP contribution < -0.4 is 5.73 Å². The van der Waals surface area contributed by atoms with Crippen LogP contribution in [-0.2, 0) is 6.42 Å². The first-order valence-electron chi connectivity index (χ1n) is 5.29. The summed E-state index contributed by atoms with van der Waals surface area (Å²) in [5.74, 6) is 1.53. The predicted molar refractivity (Wildman–Crippen MR) is 61.8 cm³/mol. The molecule has 0 aliphatic rings. The van der Waals surface area contributed by atoms with Gasteiger partial charge in [0.15, 0.2) is 5.82 Å². The summed E-state index contributed by atoms with van der Waals surface area (Å²) < 4.78 is 5.24. The summed E-state index contributed by atoms with van der Waals surface area (Å²) in [6.07, 6.45) is 4.16. The van der Waals surface area contributed by atoms with Crippen molar-refractivity contribution < 1.29 is 4.42 Å². The SMILES string of the molecule is Cc1occc1-c1nccc(CC(C)N)n1. The zero-order chi connectivity index (χ0) is 11.5. The summed E-state index contributed by atoms with van der Waals surface area (Å²) >= 11 is 0. The Kier molecular flexibility index (Phi) is 3.01. The molecule has 2 rings (SSSR count). The highest BCUT2D eigenvalue weighted by molar-refractivity contribution is 5.56. The molecule has 0 spiro atoms. The summed E-state index contributed by atoms with van der Waals surface area (Å²) in [5.41, 5.74) is 7.64. The van der Waals surface area contributed by atoms with E-state index in [1.165, 1.54) is 0 Å². The molecule has 2 N–H and O–H groups in total. The molecule has 16 heavy (non-hydrogen) atoms. The molecule has 0 bridgehead atoms. The number of furan rings is 1. The lowest BCUT2D eigenvalue weighted by Crippen LogP contribution is -2.18. The normalized spacial score (nSPS) is 12.7. The molecule has 0 aliphatic heterocycles. The van der Waals surface area contributed by atoms with Gasteiger partial charge in [-0.15, -0.1) is 0 Å². The van der Waals surface area contributed by atoms with Gasteiger partial charge in [-0.25, -0.2) is 9.97 Å². The predicted octanol–water partition coefficient (Wildman–Crippen LogP) is 1.93. The molecular weight excluding hydrogens is 202 g/mol. The molecule has 1 unspecified atom stereocenters. The lowest BCUT2D eigenvalue weighted by atomic mass is 10.2. The average molecular weight is 217 g/mol. The lowest BCUT2D eigenvalue weighted by molar-refractivity contribution is 0.535. The standard InChI is InChI=1S/C12H15N3O/c1-8(13)7-10-3-5-14-12(15-10)11-4-6-16-9(11)2/h3-6,8H,7,13H2,1-2H3. The van der Waals surface area contributed by atoms with Crippen LogP contribution in [0.4, 0.5) is 0 Å². The van der Waals surface area contributed by atoms with Crippen LogP contribution in [0, 0.1) is 6.92 Å². The number of hydrogen-bond acceptors (Lipinski definition) is 4. The highest BCUT2D eigenvalue weighted by atomic mass is 16.3. The van der Waals surface area contributed by atoms with Crippen LogP contribution in [0.3, 0.4) is 0 Å². The van der Waals surface area contributed by atoms with E-state index in [9.17, 15) is 0 Å². The molecule has 0 fully saturated rings. The van der Waals surface area contributed by atoms with Gasteiger partial charge in [0.1, 0.15) is 5.76 Å². The van der Waals surface area contributed by atoms with Crippen LogP contribution in [0.2, 0.25) is 0 Å². The van der Waals surface area contributed by atoms with Crippen LogP contribution >= 0.6 is 0 Å². The molecule has 2 aromatic heterocycles. The third-order valence-corrected chi connectivity index (χ3v) is 2.34. The summed E-state index contributed by atoms with van der Waals surface area (Å²) in [6.45, 7) is 3.86. The smallest absolute Gasteiger partial charge is 0.162 e. The van der Waals surface area contributed by atoms with Crippen molar-refractivity contribution in [3.63, 3.8) is 0 Å². The van der Waals surface area contributed by atoms with E-state index in [2.05, 4.69) is 9.97 Å². The van der Waals surface area contributed by atoms with Gasteiger partial charge in [-0.3, -0.25) is 0 Å². The van der Waals surface area contributed by atoms with Crippen LogP contribution in [0.1, 0.15) is 18.4 Å². The minimum Gasteiger partial charge on any atom is -0.469 e. The molecule has 0 saturated heterocycles. The van der Waals surface area contributed by atoms with Crippen molar-refractivity contribution in [3.05, 3.63) is 36.0 Å². The fourth-order valence-corrected chi connectivity index (χ4v) is 1.59. The van der Waals surface area contributed by atoms with E-state index in [-0.39, 0.29) is 6.04 Å². The maximum atomic E-state index is 5.74. The van der Waals surface area contributed by atoms with Gasteiger partial charge in [-0.05, 0) is 26.0 Å². The minimum absolute atomic E-state index is 0.105. The van der Waals surface area contributed by atoms with Gasteiger partial charge in [0.05, 0.1) is 11.8 Å². The molecule has 0 saturated carbocycles. The number of aromatic nitrogens is 2. The molecule has 4 nitrogen and oxygen atoms in total. The topological polar surface area (TPSA) is 64.9 Å². The Bertz CT molecular complexity index is 477. The van der Waals surface area contributed by atoms with Crippen molar-refractivity contribution in [1.82, 2.24) is 9.97 Å². The quantitative estimate of drug-likeness (QED) is 0.853. The largest absolute Gasteiger partial charge is 0.469 e. The van der Waals surface area contributed by atoms with Crippen molar-refractivity contribution in [2.45, 2.75) is 26.3 Å². The maximum Gasteiger partial charge on any atom is 0.162 e. The summed E-state index contributed by atoms with van der Waals surface area (Å²) in [4.78, 5) is 8.70. The van der Waals surface area contributed by atoms with Gasteiger partial charge < -0.3 is 10.2 Å². The molecule has 0 radical (unpaired) electrons. The number of aryl methyl sites for hydroxylation is 1. The average Bonchev–Trinajstić information content (AvgIpc) is 2.64. The molecule has 0 amide bonds. The van der Waals surface area contributed by atoms with E-state index in [4.69, 9.17) is 10.2 Å². The third-order valence-electron chi connectivity index (χ3n) is 2.34. The van der Waals surface area contributed by atoms with Crippen molar-refractivity contribution in [3.8, 4) is 11.4 Å². The first-order valence-corrected chi connectivity index (χ1v) is 5.29. The molecular formula is C12H15N3O. The number of hydrogen-bond donors (Lipinski definition) is 1. The second kappa shape index (κ2) is 4.45. The molecule has 1 atom stereocenters. The lowest BCUT2D eigenvalue weighted by Gasteiger charge is -2.05. The molecule has 0 aliphatic carbocycles. The first-order chi connectivity index (χ1) is 7.66. The zero-order valence-electron chi connectivity index (χ0n) is 9.47. The van der Waals surface area contributed by atoms with Crippen molar-refractivity contribution in [2.75, 3.05) is 0 Å². The van der Waals surface area contributed by atoms with Gasteiger partial charge in [-0.1, -0.05) is 0 Å². The molecule has 0 aromatic carbocycles. The van der Waals surface area contributed by atoms with Gasteiger partial charge in [0.2, 0.25) is 0 Å². The number of rotatable bonds is 3. The second-order valence-corrected chi connectivity index (χ2v) is 3.94. The van der Waals surface area contributed by atoms with E-state index in [0.29, 0.717) is 5.82 Å². The Hall–Kier alpha value is -1.68. The van der Waals surface area contributed by atoms with E-state index in [0.717, 1.165) is 23.4 Å². The fourth-order valence-electron chi connectivity index (χ4n) is 1.59. The van der Waals surface area contributed by atoms with Crippen molar-refractivity contribution in [2.24, 2.45) is 5.73 Å². The monoisotopic (exact) mass is 217 g/mol. The van der Waals surface area contributed by atoms with E-state index >= 15 is 0 Å². The van der Waals surface area contributed by atoms with E-state index in [1.54, 1.807) is 12.5 Å². The summed E-state index contributed by atoms with van der Waals surface area (Å²) in [7, 11) is 0. The summed E-state index contributed by atoms with van der Waals surface area (Å²) in [6, 6.07) is 3.87. The van der Waals surface area contributed by atoms with Gasteiger partial charge >= 0.3 is 0 Å². The number of nitrogens with zero attached hydrogens (tertiary/aromatic N) is 2. The van der Waals surface area contributed by atoms with Gasteiger partial charge in [0.25, 0.3) is 0 Å². The maximum absolute atomic E-state index is 5.74. The second-order valence-electron chi connectivity index (χ2n) is 3.94. The molecule has 4 heteroatoms. The van der Waals surface area contributed by atoms with Crippen LogP contribution in [0.5, 0.6) is 0 Å². The van der Waals surface area contributed by atoms with Crippen molar-refractivity contribution in [1.29, 1.82) is 0 Å². The highest BCUT2D eigenvalue weighted by Crippen LogP contribution is 2.20. The summed E-state index contributed by atoms with van der Waals surface area (Å²) in [5, 5.41) is 0. The third kappa shape index (κ3) is 2.28. The van der Waals surface area contributed by atoms with Crippen molar-refractivity contribution >= 4 is 0 Å². The van der Waals surface area contributed by atoms with E-state index < -0.39 is 0 Å². The zero-order valence-corrected chi connectivity index (χ0v) is 9.47. The van der Waals surface area contributed by atoms with E-state index in [1.807, 2.05) is 26.0 Å². The van der Waals surface area contributed by atoms with Gasteiger partial charge in [0, 0.05) is 24.4 Å². The Labute approximate surface area is 94.5 Å². The minimum atomic E-state index is 0.105. The molecule has 84 valence electrons. The molecule has 2 heterocycles. The Morgan fingerprint density at radius 1 is 1.44 bits per heavy atom. The van der Waals surface area contributed by atoms with Crippen LogP contribution in [0.15, 0.2) is 29.0 Å². The van der Waals surface area contributed by atoms with Crippen LogP contribution in [-0.4, -0.2) is 16.0 Å². The Morgan fingerprint density at radius 2 is 2.25 bits per heavy atom. The molecule has 2 aromatic rings. The Balaban J connectivity index is 2.33. The highest BCUT2D eigenvalue weighted by Gasteiger charge is 2.08. The number of nitrogens with two attached hydrogens (primary N) is 1. The fraction of sp³-hybridized carbons (Fsp3) is 0.333. The van der Waals surface area contributed by atoms with Crippen LogP contribution in [0.25, 0.3) is 11.4 Å². The Morgan fingerprint density at radius 3 is 2.88 bits per heavy atom.